The SMILES string of the molecule is CC(O)c1nc2cnccc2n1C. The van der Waals surface area contributed by atoms with Crippen molar-refractivity contribution in [1.82, 2.24) is 14.5 Å². The molecule has 68 valence electrons. The predicted octanol–water partition coefficient (Wildman–Crippen LogP) is 1.02. The van der Waals surface area contributed by atoms with Crippen molar-refractivity contribution in [2.45, 2.75) is 13.0 Å². The maximum Gasteiger partial charge on any atom is 0.138 e. The van der Waals surface area contributed by atoms with E-state index in [4.69, 9.17) is 0 Å². The summed E-state index contributed by atoms with van der Waals surface area (Å²) < 4.78 is 1.88. The van der Waals surface area contributed by atoms with Crippen molar-refractivity contribution in [2.75, 3.05) is 0 Å². The van der Waals surface area contributed by atoms with E-state index in [0.717, 1.165) is 11.0 Å². The molecule has 0 aliphatic carbocycles. The van der Waals surface area contributed by atoms with Gasteiger partial charge in [0, 0.05) is 13.2 Å². The molecule has 13 heavy (non-hydrogen) atoms. The van der Waals surface area contributed by atoms with Gasteiger partial charge in [0.15, 0.2) is 0 Å². The molecule has 0 radical (unpaired) electrons. The van der Waals surface area contributed by atoms with Crippen molar-refractivity contribution in [1.29, 1.82) is 0 Å². The fourth-order valence-electron chi connectivity index (χ4n) is 1.44. The van der Waals surface area contributed by atoms with E-state index >= 15 is 0 Å². The summed E-state index contributed by atoms with van der Waals surface area (Å²) in [5.41, 5.74) is 1.81. The predicted molar refractivity (Wildman–Crippen MR) is 49.1 cm³/mol. The van der Waals surface area contributed by atoms with Gasteiger partial charge in [0.25, 0.3) is 0 Å². The number of nitrogens with zero attached hydrogens (tertiary/aromatic N) is 3. The Labute approximate surface area is 75.9 Å². The number of aliphatic hydroxyl groups is 1. The smallest absolute Gasteiger partial charge is 0.138 e. The van der Waals surface area contributed by atoms with Gasteiger partial charge in [-0.15, -0.1) is 0 Å². The molecule has 1 atom stereocenters. The van der Waals surface area contributed by atoms with Crippen LogP contribution in [0.2, 0.25) is 0 Å². The third-order valence-corrected chi connectivity index (χ3v) is 2.09. The van der Waals surface area contributed by atoms with Crippen LogP contribution in [0.5, 0.6) is 0 Å². The molecule has 4 heteroatoms. The van der Waals surface area contributed by atoms with Crippen molar-refractivity contribution in [2.24, 2.45) is 7.05 Å². The molecule has 0 aliphatic heterocycles. The summed E-state index contributed by atoms with van der Waals surface area (Å²) in [5.74, 6) is 0.669. The van der Waals surface area contributed by atoms with E-state index in [1.165, 1.54) is 0 Å². The van der Waals surface area contributed by atoms with Gasteiger partial charge < -0.3 is 9.67 Å². The van der Waals surface area contributed by atoms with Crippen molar-refractivity contribution < 1.29 is 5.11 Å². The monoisotopic (exact) mass is 177 g/mol. The number of aryl methyl sites for hydroxylation is 1. The lowest BCUT2D eigenvalue weighted by molar-refractivity contribution is 0.186. The number of pyridine rings is 1. The number of aromatic nitrogens is 3. The van der Waals surface area contributed by atoms with Crippen LogP contribution in [0.3, 0.4) is 0 Å². The highest BCUT2D eigenvalue weighted by atomic mass is 16.3. The molecule has 0 amide bonds. The summed E-state index contributed by atoms with van der Waals surface area (Å²) in [6, 6.07) is 1.88. The minimum absolute atomic E-state index is 0.544. The van der Waals surface area contributed by atoms with E-state index in [-0.39, 0.29) is 0 Å². The van der Waals surface area contributed by atoms with Gasteiger partial charge in [-0.25, -0.2) is 4.98 Å². The first-order valence-corrected chi connectivity index (χ1v) is 4.14. The molecule has 0 spiro atoms. The Hall–Kier alpha value is -1.42. The fraction of sp³-hybridized carbons (Fsp3) is 0.333. The quantitative estimate of drug-likeness (QED) is 0.707. The molecule has 0 saturated carbocycles. The minimum Gasteiger partial charge on any atom is -0.385 e. The topological polar surface area (TPSA) is 50.9 Å². The molecular weight excluding hydrogens is 166 g/mol. The van der Waals surface area contributed by atoms with Crippen molar-refractivity contribution in [3.63, 3.8) is 0 Å². The first kappa shape index (κ1) is 8.19. The van der Waals surface area contributed by atoms with Crippen LogP contribution >= 0.6 is 0 Å². The normalized spacial score (nSPS) is 13.5. The first-order valence-electron chi connectivity index (χ1n) is 4.14. The zero-order valence-corrected chi connectivity index (χ0v) is 7.60. The molecule has 4 nitrogen and oxygen atoms in total. The Kier molecular flexibility index (Phi) is 1.77. The standard InChI is InChI=1S/C9H11N3O/c1-6(13)9-11-7-5-10-4-3-8(7)12(9)2/h3-6,13H,1-2H3. The number of rotatable bonds is 1. The molecule has 1 unspecified atom stereocenters. The number of aliphatic hydroxyl groups excluding tert-OH is 1. The van der Waals surface area contributed by atoms with Crippen LogP contribution < -0.4 is 0 Å². The lowest BCUT2D eigenvalue weighted by Gasteiger charge is -2.03. The largest absolute Gasteiger partial charge is 0.385 e. The average Bonchev–Trinajstić information content (AvgIpc) is 2.45. The van der Waals surface area contributed by atoms with Crippen LogP contribution in [0.25, 0.3) is 11.0 Å². The van der Waals surface area contributed by atoms with E-state index in [1.807, 2.05) is 17.7 Å². The summed E-state index contributed by atoms with van der Waals surface area (Å²) in [5, 5.41) is 9.40. The van der Waals surface area contributed by atoms with Crippen LogP contribution in [-0.4, -0.2) is 19.6 Å². The van der Waals surface area contributed by atoms with E-state index < -0.39 is 6.10 Å². The van der Waals surface area contributed by atoms with Gasteiger partial charge in [0.2, 0.25) is 0 Å². The van der Waals surface area contributed by atoms with Gasteiger partial charge >= 0.3 is 0 Å². The molecule has 2 aromatic heterocycles. The molecule has 0 saturated heterocycles. The van der Waals surface area contributed by atoms with Crippen LogP contribution in [0.4, 0.5) is 0 Å². The van der Waals surface area contributed by atoms with Gasteiger partial charge in [-0.05, 0) is 13.0 Å². The molecule has 1 N–H and O–H groups in total. The van der Waals surface area contributed by atoms with Gasteiger partial charge in [-0.3, -0.25) is 4.98 Å². The van der Waals surface area contributed by atoms with Gasteiger partial charge in [-0.1, -0.05) is 0 Å². The van der Waals surface area contributed by atoms with Gasteiger partial charge in [0.05, 0.1) is 11.7 Å². The van der Waals surface area contributed by atoms with E-state index in [2.05, 4.69) is 9.97 Å². The van der Waals surface area contributed by atoms with E-state index in [1.54, 1.807) is 19.3 Å². The van der Waals surface area contributed by atoms with Crippen molar-refractivity contribution >= 4 is 11.0 Å². The third kappa shape index (κ3) is 1.19. The van der Waals surface area contributed by atoms with Gasteiger partial charge in [-0.2, -0.15) is 0 Å². The number of hydrogen-bond donors (Lipinski definition) is 1. The Morgan fingerprint density at radius 1 is 1.54 bits per heavy atom. The molecule has 2 aromatic rings. The highest BCUT2D eigenvalue weighted by Crippen LogP contribution is 2.17. The summed E-state index contributed by atoms with van der Waals surface area (Å²) in [6.45, 7) is 1.70. The fourth-order valence-corrected chi connectivity index (χ4v) is 1.44. The van der Waals surface area contributed by atoms with E-state index in [0.29, 0.717) is 5.82 Å². The molecule has 2 heterocycles. The van der Waals surface area contributed by atoms with Crippen LogP contribution in [0, 0.1) is 0 Å². The average molecular weight is 177 g/mol. The van der Waals surface area contributed by atoms with Crippen LogP contribution in [-0.2, 0) is 7.05 Å². The summed E-state index contributed by atoms with van der Waals surface area (Å²) in [6.07, 6.45) is 2.87. The second-order valence-corrected chi connectivity index (χ2v) is 3.07. The Morgan fingerprint density at radius 2 is 2.31 bits per heavy atom. The zero-order chi connectivity index (χ0) is 9.42. The number of imidazole rings is 1. The van der Waals surface area contributed by atoms with Crippen molar-refractivity contribution in [3.05, 3.63) is 24.3 Å². The summed E-state index contributed by atoms with van der Waals surface area (Å²) >= 11 is 0. The highest BCUT2D eigenvalue weighted by Gasteiger charge is 2.10. The maximum absolute atomic E-state index is 9.40. The van der Waals surface area contributed by atoms with Gasteiger partial charge in [0.1, 0.15) is 17.4 Å². The summed E-state index contributed by atoms with van der Waals surface area (Å²) in [7, 11) is 1.89. The van der Waals surface area contributed by atoms with Crippen molar-refractivity contribution in [3.8, 4) is 0 Å². The zero-order valence-electron chi connectivity index (χ0n) is 7.60. The lowest BCUT2D eigenvalue weighted by Crippen LogP contribution is -2.01. The molecule has 0 aromatic carbocycles. The first-order chi connectivity index (χ1) is 6.20. The number of hydrogen-bond acceptors (Lipinski definition) is 3. The second-order valence-electron chi connectivity index (χ2n) is 3.07. The highest BCUT2D eigenvalue weighted by molar-refractivity contribution is 5.74. The number of fused-ring (bicyclic) bond motifs is 1. The minimum atomic E-state index is -0.544. The molecule has 0 fully saturated rings. The molecule has 2 rings (SSSR count). The molecule has 0 bridgehead atoms. The third-order valence-electron chi connectivity index (χ3n) is 2.09. The Bertz CT molecular complexity index is 433. The van der Waals surface area contributed by atoms with E-state index in [9.17, 15) is 5.11 Å². The Morgan fingerprint density at radius 3 is 2.92 bits per heavy atom. The molecular formula is C9H11N3O. The lowest BCUT2D eigenvalue weighted by atomic mass is 10.4. The Balaban J connectivity index is 2.74. The second kappa shape index (κ2) is 2.81. The van der Waals surface area contributed by atoms with Crippen LogP contribution in [0.1, 0.15) is 18.9 Å². The van der Waals surface area contributed by atoms with Crippen LogP contribution in [0.15, 0.2) is 18.5 Å². The maximum atomic E-state index is 9.40. The summed E-state index contributed by atoms with van der Waals surface area (Å²) in [4.78, 5) is 8.23. The molecule has 0 aliphatic rings.